The quantitative estimate of drug-likeness (QED) is 0.409. The first-order valence-electron chi connectivity index (χ1n) is 12.4. The van der Waals surface area contributed by atoms with Gasteiger partial charge in [-0.25, -0.2) is 14.2 Å². The molecular formula is C25H31N7O5S. The Labute approximate surface area is 220 Å². The van der Waals surface area contributed by atoms with Gasteiger partial charge in [0.05, 0.1) is 31.0 Å². The second-order valence-corrected chi connectivity index (χ2v) is 12.1. The van der Waals surface area contributed by atoms with Crippen LogP contribution >= 0.6 is 0 Å². The molecule has 4 aromatic rings. The summed E-state index contributed by atoms with van der Waals surface area (Å²) in [5.41, 5.74) is 2.49. The number of hydrogen-bond acceptors (Lipinski definition) is 7. The van der Waals surface area contributed by atoms with Crippen LogP contribution in [-0.2, 0) is 41.5 Å². The zero-order chi connectivity index (χ0) is 27.4. The largest absolute Gasteiger partial charge is 0.443 e. The normalized spacial score (nSPS) is 14.8. The monoisotopic (exact) mass is 541 g/mol. The minimum Gasteiger partial charge on any atom is -0.443 e. The lowest BCUT2D eigenvalue weighted by atomic mass is 10.1. The van der Waals surface area contributed by atoms with Crippen molar-refractivity contribution in [2.75, 3.05) is 13.1 Å². The lowest BCUT2D eigenvalue weighted by Crippen LogP contribution is -2.43. The van der Waals surface area contributed by atoms with E-state index in [0.717, 1.165) is 22.0 Å². The van der Waals surface area contributed by atoms with E-state index in [1.807, 2.05) is 0 Å². The number of fused-ring (bicyclic) bond motifs is 4. The van der Waals surface area contributed by atoms with Gasteiger partial charge in [-0.05, 0) is 44.4 Å². The lowest BCUT2D eigenvalue weighted by Gasteiger charge is -2.27. The van der Waals surface area contributed by atoms with Gasteiger partial charge in [0.25, 0.3) is 15.8 Å². The second-order valence-electron chi connectivity index (χ2n) is 10.3. The summed E-state index contributed by atoms with van der Waals surface area (Å²) in [5.74, 6) is 0. The molecule has 0 atom stereocenters. The van der Waals surface area contributed by atoms with E-state index >= 15 is 0 Å². The van der Waals surface area contributed by atoms with Crippen molar-refractivity contribution in [1.82, 2.24) is 32.9 Å². The van der Waals surface area contributed by atoms with Gasteiger partial charge in [-0.15, -0.1) is 0 Å². The van der Waals surface area contributed by atoms with Crippen LogP contribution in [0.2, 0.25) is 0 Å². The van der Waals surface area contributed by atoms with E-state index in [-0.39, 0.29) is 18.6 Å². The zero-order valence-electron chi connectivity index (χ0n) is 22.1. The number of rotatable bonds is 5. The number of carbonyl (C=O) groups is 1. The molecule has 13 heteroatoms. The fraction of sp³-hybridized carbons (Fsp3) is 0.440. The maximum absolute atomic E-state index is 13.6. The standard InChI is InChI=1S/C25H31N7O5S/c1-6-28-38(35,36)30-10-8-18-19-11-27-32(23(33)22(19)29(5)21(18)15-30)14-16-13-31(24(34)37-25(2,3)4)20-12-26-9-7-17(16)20/h7,9,11-13,28H,6,8,10,14-15H2,1-5H3. The van der Waals surface area contributed by atoms with E-state index in [9.17, 15) is 18.0 Å². The van der Waals surface area contributed by atoms with E-state index in [1.165, 1.54) is 13.6 Å². The Balaban J connectivity index is 1.54. The maximum Gasteiger partial charge on any atom is 0.419 e. The highest BCUT2D eigenvalue weighted by molar-refractivity contribution is 7.87. The lowest BCUT2D eigenvalue weighted by molar-refractivity contribution is 0.0544. The van der Waals surface area contributed by atoms with Crippen LogP contribution < -0.4 is 10.3 Å². The molecule has 0 unspecified atom stereocenters. The number of aryl methyl sites for hydroxylation is 1. The van der Waals surface area contributed by atoms with Crippen molar-refractivity contribution in [1.29, 1.82) is 0 Å². The predicted octanol–water partition coefficient (Wildman–Crippen LogP) is 2.13. The summed E-state index contributed by atoms with van der Waals surface area (Å²) in [6.45, 7) is 8.04. The Morgan fingerprint density at radius 2 is 1.97 bits per heavy atom. The third kappa shape index (κ3) is 4.50. The van der Waals surface area contributed by atoms with Crippen molar-refractivity contribution < 1.29 is 17.9 Å². The predicted molar refractivity (Wildman–Crippen MR) is 142 cm³/mol. The summed E-state index contributed by atoms with van der Waals surface area (Å²) < 4.78 is 39.1. The van der Waals surface area contributed by atoms with Crippen LogP contribution in [0.1, 0.15) is 44.5 Å². The first-order valence-corrected chi connectivity index (χ1v) is 13.8. The summed E-state index contributed by atoms with van der Waals surface area (Å²) in [7, 11) is -1.83. The van der Waals surface area contributed by atoms with Crippen LogP contribution in [0.3, 0.4) is 0 Å². The third-order valence-corrected chi connectivity index (χ3v) is 8.28. The van der Waals surface area contributed by atoms with Crippen LogP contribution in [0.25, 0.3) is 21.8 Å². The van der Waals surface area contributed by atoms with Crippen molar-refractivity contribution in [2.24, 2.45) is 7.05 Å². The highest BCUT2D eigenvalue weighted by Crippen LogP contribution is 2.29. The van der Waals surface area contributed by atoms with E-state index in [0.29, 0.717) is 36.1 Å². The number of carbonyl (C=O) groups excluding carboxylic acids is 1. The fourth-order valence-electron chi connectivity index (χ4n) is 4.96. The molecule has 0 saturated heterocycles. The highest BCUT2D eigenvalue weighted by Gasteiger charge is 2.31. The topological polar surface area (TPSA) is 133 Å². The average Bonchev–Trinajstić information content (AvgIpc) is 3.35. The summed E-state index contributed by atoms with van der Waals surface area (Å²) in [4.78, 5) is 30.6. The molecule has 0 spiro atoms. The van der Waals surface area contributed by atoms with Crippen molar-refractivity contribution in [3.05, 3.63) is 58.0 Å². The summed E-state index contributed by atoms with van der Waals surface area (Å²) in [6, 6.07) is 1.79. The minimum absolute atomic E-state index is 0.127. The Morgan fingerprint density at radius 1 is 1.21 bits per heavy atom. The molecule has 1 aliphatic rings. The van der Waals surface area contributed by atoms with Gasteiger partial charge in [-0.2, -0.15) is 17.8 Å². The molecule has 0 radical (unpaired) electrons. The zero-order valence-corrected chi connectivity index (χ0v) is 22.9. The summed E-state index contributed by atoms with van der Waals surface area (Å²) in [6.07, 6.45) is 6.48. The molecule has 0 aromatic carbocycles. The Morgan fingerprint density at radius 3 is 2.68 bits per heavy atom. The maximum atomic E-state index is 13.6. The van der Waals surface area contributed by atoms with Crippen LogP contribution in [0.4, 0.5) is 4.79 Å². The molecule has 0 aliphatic carbocycles. The van der Waals surface area contributed by atoms with E-state index in [1.54, 1.807) is 70.2 Å². The Bertz CT molecular complexity index is 1730. The SMILES string of the molecule is CCNS(=O)(=O)N1CCc2c(n(C)c3c(=O)n(Cc4cn(C(=O)OC(C)(C)C)c5cnccc45)ncc23)C1. The molecule has 0 fully saturated rings. The molecule has 38 heavy (non-hydrogen) atoms. The number of hydrogen-bond donors (Lipinski definition) is 1. The van der Waals surface area contributed by atoms with Gasteiger partial charge in [0.1, 0.15) is 11.1 Å². The fourth-order valence-corrected chi connectivity index (χ4v) is 6.14. The van der Waals surface area contributed by atoms with E-state index in [2.05, 4.69) is 14.8 Å². The molecule has 12 nitrogen and oxygen atoms in total. The number of nitrogens with one attached hydrogen (secondary N) is 1. The smallest absolute Gasteiger partial charge is 0.419 e. The number of aromatic nitrogens is 5. The molecule has 0 saturated carbocycles. The second kappa shape index (κ2) is 9.33. The van der Waals surface area contributed by atoms with Crippen molar-refractivity contribution >= 4 is 38.1 Å². The molecule has 5 rings (SSSR count). The van der Waals surface area contributed by atoms with Crippen LogP contribution in [0, 0.1) is 0 Å². The van der Waals surface area contributed by atoms with Crippen LogP contribution in [0.15, 0.2) is 35.6 Å². The molecule has 1 aliphatic heterocycles. The Kier molecular flexibility index (Phi) is 6.40. The number of nitrogens with zero attached hydrogens (tertiary/aromatic N) is 6. The number of pyridine rings is 1. The van der Waals surface area contributed by atoms with Gasteiger partial charge in [-0.3, -0.25) is 14.3 Å². The first kappa shape index (κ1) is 26.1. The number of ether oxygens (including phenoxy) is 1. The van der Waals surface area contributed by atoms with Crippen molar-refractivity contribution in [3.8, 4) is 0 Å². The van der Waals surface area contributed by atoms with Gasteiger partial charge in [0.15, 0.2) is 0 Å². The molecule has 5 heterocycles. The Hall–Kier alpha value is -3.55. The summed E-state index contributed by atoms with van der Waals surface area (Å²) in [5, 5.41) is 5.93. The van der Waals surface area contributed by atoms with Crippen molar-refractivity contribution in [3.63, 3.8) is 0 Å². The van der Waals surface area contributed by atoms with Gasteiger partial charge < -0.3 is 9.30 Å². The van der Waals surface area contributed by atoms with Gasteiger partial charge in [0.2, 0.25) is 0 Å². The van der Waals surface area contributed by atoms with E-state index < -0.39 is 21.9 Å². The third-order valence-electron chi connectivity index (χ3n) is 6.64. The average molecular weight is 542 g/mol. The molecule has 202 valence electrons. The molecule has 0 amide bonds. The van der Waals surface area contributed by atoms with Gasteiger partial charge in [-0.1, -0.05) is 6.92 Å². The van der Waals surface area contributed by atoms with Gasteiger partial charge in [0, 0.05) is 49.0 Å². The van der Waals surface area contributed by atoms with Crippen LogP contribution in [-0.4, -0.2) is 61.4 Å². The van der Waals surface area contributed by atoms with Crippen molar-refractivity contribution in [2.45, 2.75) is 52.8 Å². The molecule has 4 aromatic heterocycles. The molecule has 0 bridgehead atoms. The summed E-state index contributed by atoms with van der Waals surface area (Å²) >= 11 is 0. The molecular weight excluding hydrogens is 510 g/mol. The van der Waals surface area contributed by atoms with Crippen LogP contribution in [0.5, 0.6) is 0 Å². The molecule has 1 N–H and O–H groups in total. The first-order chi connectivity index (χ1) is 17.9. The van der Waals surface area contributed by atoms with E-state index in [4.69, 9.17) is 4.74 Å². The minimum atomic E-state index is -3.60. The highest BCUT2D eigenvalue weighted by atomic mass is 32.2. The van der Waals surface area contributed by atoms with Gasteiger partial charge >= 0.3 is 6.09 Å².